The van der Waals surface area contributed by atoms with Gasteiger partial charge in [-0.05, 0) is 25.0 Å². The third-order valence-electron chi connectivity index (χ3n) is 7.00. The molecule has 0 saturated carbocycles. The van der Waals surface area contributed by atoms with Gasteiger partial charge in [-0.2, -0.15) is 5.10 Å². The number of fused-ring (bicyclic) bond motifs is 2. The van der Waals surface area contributed by atoms with Gasteiger partial charge in [-0.25, -0.2) is 9.97 Å². The standard InChI is InChI=1S/C26H32N6O3S/c1-33-13-14-35-18-5-7-31(8-6-18)17-19-15-23-24(36-19)26(32-9-11-34-12-10-32)29-25(28-23)20-3-2-4-22-21(20)16-27-30-22/h2-4,15-16,18H,5-14,17H2,1H3,(H,27,30). The Kier molecular flexibility index (Phi) is 7.11. The molecule has 6 rings (SSSR count). The van der Waals surface area contributed by atoms with Crippen molar-refractivity contribution in [3.05, 3.63) is 35.3 Å². The Morgan fingerprint density at radius 2 is 1.97 bits per heavy atom. The van der Waals surface area contributed by atoms with Gasteiger partial charge in [0.25, 0.3) is 0 Å². The Labute approximate surface area is 214 Å². The van der Waals surface area contributed by atoms with E-state index in [4.69, 9.17) is 24.2 Å². The maximum absolute atomic E-state index is 5.94. The van der Waals surface area contributed by atoms with E-state index >= 15 is 0 Å². The SMILES string of the molecule is COCCOC1CCN(Cc2cc3nc(-c4cccc5[nH]ncc45)nc(N4CCOCC4)c3s2)CC1. The Bertz CT molecular complexity index is 1310. The predicted octanol–water partition coefficient (Wildman–Crippen LogP) is 3.70. The normalized spacial score (nSPS) is 18.0. The average Bonchev–Trinajstić information content (AvgIpc) is 3.56. The molecule has 10 heteroatoms. The maximum Gasteiger partial charge on any atom is 0.162 e. The first-order valence-corrected chi connectivity index (χ1v) is 13.5. The van der Waals surface area contributed by atoms with E-state index in [0.29, 0.717) is 19.3 Å². The second-order valence-electron chi connectivity index (χ2n) is 9.37. The molecule has 0 bridgehead atoms. The molecule has 3 aromatic heterocycles. The highest BCUT2D eigenvalue weighted by Gasteiger charge is 2.23. The van der Waals surface area contributed by atoms with Crippen LogP contribution in [0, 0.1) is 0 Å². The highest BCUT2D eigenvalue weighted by atomic mass is 32.1. The third-order valence-corrected chi connectivity index (χ3v) is 8.10. The number of ether oxygens (including phenoxy) is 3. The lowest BCUT2D eigenvalue weighted by Gasteiger charge is -2.31. The van der Waals surface area contributed by atoms with Gasteiger partial charge in [0, 0.05) is 55.7 Å². The summed E-state index contributed by atoms with van der Waals surface area (Å²) in [6, 6.07) is 8.39. The van der Waals surface area contributed by atoms with E-state index < -0.39 is 0 Å². The molecule has 1 N–H and O–H groups in total. The van der Waals surface area contributed by atoms with Gasteiger partial charge in [0.15, 0.2) is 11.6 Å². The number of piperidine rings is 1. The first-order valence-electron chi connectivity index (χ1n) is 12.7. The van der Waals surface area contributed by atoms with Crippen molar-refractivity contribution in [2.45, 2.75) is 25.5 Å². The number of H-pyrrole nitrogens is 1. The summed E-state index contributed by atoms with van der Waals surface area (Å²) in [5.74, 6) is 1.76. The van der Waals surface area contributed by atoms with Crippen LogP contribution >= 0.6 is 11.3 Å². The number of aromatic amines is 1. The fourth-order valence-corrected chi connectivity index (χ4v) is 6.22. The van der Waals surface area contributed by atoms with Crippen LogP contribution in [0.5, 0.6) is 0 Å². The van der Waals surface area contributed by atoms with E-state index in [0.717, 1.165) is 97.1 Å². The zero-order valence-corrected chi connectivity index (χ0v) is 21.4. The number of methoxy groups -OCH3 is 1. The molecule has 2 saturated heterocycles. The van der Waals surface area contributed by atoms with E-state index in [-0.39, 0.29) is 0 Å². The fourth-order valence-electron chi connectivity index (χ4n) is 5.07. The molecule has 2 aliphatic rings. The molecule has 0 amide bonds. The third kappa shape index (κ3) is 4.96. The molecule has 1 aromatic carbocycles. The Morgan fingerprint density at radius 3 is 2.81 bits per heavy atom. The smallest absolute Gasteiger partial charge is 0.162 e. The second kappa shape index (κ2) is 10.8. The molecule has 190 valence electrons. The minimum atomic E-state index is 0.339. The minimum absolute atomic E-state index is 0.339. The fraction of sp³-hybridized carbons (Fsp3) is 0.500. The van der Waals surface area contributed by atoms with Crippen molar-refractivity contribution >= 4 is 38.3 Å². The molecule has 0 atom stereocenters. The van der Waals surface area contributed by atoms with Crippen molar-refractivity contribution in [2.24, 2.45) is 0 Å². The Balaban J connectivity index is 1.28. The molecule has 0 unspecified atom stereocenters. The van der Waals surface area contributed by atoms with Crippen molar-refractivity contribution in [3.63, 3.8) is 0 Å². The predicted molar refractivity (Wildman–Crippen MR) is 142 cm³/mol. The summed E-state index contributed by atoms with van der Waals surface area (Å²) in [5, 5.41) is 8.33. The lowest BCUT2D eigenvalue weighted by atomic mass is 10.1. The summed E-state index contributed by atoms with van der Waals surface area (Å²) in [6.45, 7) is 7.47. The van der Waals surface area contributed by atoms with E-state index in [1.165, 1.54) is 4.88 Å². The van der Waals surface area contributed by atoms with E-state index in [2.05, 4.69) is 32.1 Å². The van der Waals surface area contributed by atoms with Gasteiger partial charge in [-0.3, -0.25) is 10.00 Å². The Hall–Kier alpha value is -2.63. The number of rotatable bonds is 8. The molecule has 4 aromatic rings. The van der Waals surface area contributed by atoms with Gasteiger partial charge >= 0.3 is 0 Å². The van der Waals surface area contributed by atoms with E-state index in [1.807, 2.05) is 29.7 Å². The molecule has 2 fully saturated rings. The number of benzene rings is 1. The quantitative estimate of drug-likeness (QED) is 0.361. The van der Waals surface area contributed by atoms with Crippen molar-refractivity contribution in [3.8, 4) is 11.4 Å². The lowest BCUT2D eigenvalue weighted by molar-refractivity contribution is -0.0156. The average molecular weight is 509 g/mol. The molecule has 9 nitrogen and oxygen atoms in total. The summed E-state index contributed by atoms with van der Waals surface area (Å²) < 4.78 is 17.8. The van der Waals surface area contributed by atoms with Gasteiger partial charge in [0.2, 0.25) is 0 Å². The number of nitrogens with zero attached hydrogens (tertiary/aromatic N) is 5. The second-order valence-corrected chi connectivity index (χ2v) is 10.5. The first-order chi connectivity index (χ1) is 17.8. The largest absolute Gasteiger partial charge is 0.382 e. The van der Waals surface area contributed by atoms with Gasteiger partial charge in [0.1, 0.15) is 0 Å². The van der Waals surface area contributed by atoms with Crippen molar-refractivity contribution in [1.82, 2.24) is 25.1 Å². The monoisotopic (exact) mass is 508 g/mol. The lowest BCUT2D eigenvalue weighted by Crippen LogP contribution is -2.37. The summed E-state index contributed by atoms with van der Waals surface area (Å²) in [7, 11) is 1.71. The van der Waals surface area contributed by atoms with Crippen LogP contribution in [-0.2, 0) is 20.8 Å². The summed E-state index contributed by atoms with van der Waals surface area (Å²) in [6.07, 6.45) is 4.32. The zero-order valence-electron chi connectivity index (χ0n) is 20.6. The molecule has 36 heavy (non-hydrogen) atoms. The van der Waals surface area contributed by atoms with Crippen LogP contribution in [0.25, 0.3) is 32.5 Å². The van der Waals surface area contributed by atoms with Crippen LogP contribution in [0.15, 0.2) is 30.5 Å². The van der Waals surface area contributed by atoms with Crippen LogP contribution in [-0.4, -0.2) is 90.9 Å². The zero-order chi connectivity index (χ0) is 24.3. The van der Waals surface area contributed by atoms with Crippen molar-refractivity contribution in [1.29, 1.82) is 0 Å². The van der Waals surface area contributed by atoms with E-state index in [9.17, 15) is 0 Å². The Morgan fingerprint density at radius 1 is 1.11 bits per heavy atom. The van der Waals surface area contributed by atoms with Crippen LogP contribution in [0.3, 0.4) is 0 Å². The molecule has 0 spiro atoms. The minimum Gasteiger partial charge on any atom is -0.382 e. The molecule has 0 radical (unpaired) electrons. The van der Waals surface area contributed by atoms with Crippen molar-refractivity contribution < 1.29 is 14.2 Å². The van der Waals surface area contributed by atoms with Gasteiger partial charge in [0.05, 0.1) is 54.5 Å². The van der Waals surface area contributed by atoms with Crippen LogP contribution in [0.2, 0.25) is 0 Å². The summed E-state index contributed by atoms with van der Waals surface area (Å²) in [4.78, 5) is 16.4. The van der Waals surface area contributed by atoms with Crippen molar-refractivity contribution in [2.75, 3.05) is 64.6 Å². The number of aromatic nitrogens is 4. The maximum atomic E-state index is 5.94. The number of nitrogens with one attached hydrogen (secondary N) is 1. The van der Waals surface area contributed by atoms with Gasteiger partial charge in [-0.1, -0.05) is 12.1 Å². The van der Waals surface area contributed by atoms with Crippen LogP contribution < -0.4 is 4.90 Å². The number of hydrogen-bond donors (Lipinski definition) is 1. The highest BCUT2D eigenvalue weighted by molar-refractivity contribution is 7.19. The first kappa shape index (κ1) is 23.7. The van der Waals surface area contributed by atoms with Crippen LogP contribution in [0.1, 0.15) is 17.7 Å². The molecular formula is C26H32N6O3S. The molecule has 0 aliphatic carbocycles. The topological polar surface area (TPSA) is 88.6 Å². The number of thiophene rings is 1. The molecule has 5 heterocycles. The summed E-state index contributed by atoms with van der Waals surface area (Å²) >= 11 is 1.82. The van der Waals surface area contributed by atoms with E-state index in [1.54, 1.807) is 7.11 Å². The van der Waals surface area contributed by atoms with Crippen LogP contribution in [0.4, 0.5) is 5.82 Å². The number of morpholine rings is 1. The molecular weight excluding hydrogens is 476 g/mol. The van der Waals surface area contributed by atoms with Gasteiger partial charge < -0.3 is 19.1 Å². The number of anilines is 1. The highest BCUT2D eigenvalue weighted by Crippen LogP contribution is 2.36. The van der Waals surface area contributed by atoms with Gasteiger partial charge in [-0.15, -0.1) is 11.3 Å². The summed E-state index contributed by atoms with van der Waals surface area (Å²) in [5.41, 5.74) is 3.01. The number of hydrogen-bond acceptors (Lipinski definition) is 9. The molecule has 2 aliphatic heterocycles. The number of likely N-dealkylation sites (tertiary alicyclic amines) is 1.